The molecule has 0 saturated heterocycles. The summed E-state index contributed by atoms with van der Waals surface area (Å²) in [5, 5.41) is 10.8. The second-order valence-electron chi connectivity index (χ2n) is 9.38. The molecule has 0 amide bonds. The molecular weight excluding hydrogens is 284 g/mol. The van der Waals surface area contributed by atoms with Gasteiger partial charge in [-0.1, -0.05) is 68.7 Å². The van der Waals surface area contributed by atoms with Gasteiger partial charge < -0.3 is 5.11 Å². The first-order valence-corrected chi connectivity index (χ1v) is 8.64. The van der Waals surface area contributed by atoms with Crippen molar-refractivity contribution >= 4 is 5.78 Å². The Morgan fingerprint density at radius 3 is 1.61 bits per heavy atom. The van der Waals surface area contributed by atoms with Crippen LogP contribution >= 0.6 is 0 Å². The largest absolute Gasteiger partial charge is 0.507 e. The van der Waals surface area contributed by atoms with Crippen LogP contribution in [0.15, 0.2) is 12.1 Å². The van der Waals surface area contributed by atoms with Crippen LogP contribution in [0, 0.1) is 5.41 Å². The summed E-state index contributed by atoms with van der Waals surface area (Å²) in [4.78, 5) is 13.0. The van der Waals surface area contributed by atoms with E-state index in [0.29, 0.717) is 5.75 Å². The first kappa shape index (κ1) is 19.7. The van der Waals surface area contributed by atoms with Gasteiger partial charge in [0.15, 0.2) is 5.78 Å². The molecule has 0 aromatic heterocycles. The zero-order valence-corrected chi connectivity index (χ0v) is 16.4. The number of carbonyl (C=O) groups is 1. The first-order valence-electron chi connectivity index (χ1n) is 8.64. The number of benzene rings is 1. The third kappa shape index (κ3) is 4.37. The molecule has 1 aromatic carbocycles. The van der Waals surface area contributed by atoms with Crippen LogP contribution < -0.4 is 0 Å². The molecule has 0 spiro atoms. The molecule has 130 valence electrons. The third-order valence-electron chi connectivity index (χ3n) is 4.48. The summed E-state index contributed by atoms with van der Waals surface area (Å²) in [6.07, 6.45) is 1.84. The molecule has 0 aliphatic carbocycles. The number of hydrogen-bond donors (Lipinski definition) is 1. The van der Waals surface area contributed by atoms with Gasteiger partial charge in [-0.15, -0.1) is 0 Å². The predicted molar refractivity (Wildman–Crippen MR) is 98.5 cm³/mol. The van der Waals surface area contributed by atoms with E-state index in [1.807, 2.05) is 26.0 Å². The number of Topliss-reactive ketones (excluding diaryl/α,β-unsaturated/α-hetero) is 1. The second-order valence-corrected chi connectivity index (χ2v) is 9.38. The number of carbonyl (C=O) groups excluding carboxylic acids is 1. The average Bonchev–Trinajstić information content (AvgIpc) is 2.35. The molecule has 0 heterocycles. The zero-order valence-electron chi connectivity index (χ0n) is 16.4. The van der Waals surface area contributed by atoms with Gasteiger partial charge in [0.1, 0.15) is 5.75 Å². The van der Waals surface area contributed by atoms with Crippen molar-refractivity contribution in [2.45, 2.75) is 86.0 Å². The van der Waals surface area contributed by atoms with Crippen molar-refractivity contribution in [3.8, 4) is 5.75 Å². The highest BCUT2D eigenvalue weighted by Crippen LogP contribution is 2.41. The van der Waals surface area contributed by atoms with E-state index in [0.717, 1.165) is 29.5 Å². The lowest BCUT2D eigenvalue weighted by molar-refractivity contribution is 0.0825. The highest BCUT2D eigenvalue weighted by Gasteiger charge is 2.32. The molecule has 0 aliphatic heterocycles. The van der Waals surface area contributed by atoms with Gasteiger partial charge >= 0.3 is 0 Å². The molecule has 1 aromatic rings. The van der Waals surface area contributed by atoms with Gasteiger partial charge in [0.2, 0.25) is 0 Å². The smallest absolute Gasteiger partial charge is 0.168 e. The van der Waals surface area contributed by atoms with Gasteiger partial charge in [-0.25, -0.2) is 0 Å². The standard InChI is InChI=1S/C21H34O2/c1-10-11-21(8,9)18(23)14-12-15(19(2,3)4)17(22)16(13-14)20(5,6)7/h12-13,22H,10-11H2,1-9H3. The maximum Gasteiger partial charge on any atom is 0.168 e. The zero-order chi connectivity index (χ0) is 18.2. The van der Waals surface area contributed by atoms with Crippen LogP contribution in [0.1, 0.15) is 96.6 Å². The Kier molecular flexibility index (Phi) is 5.40. The van der Waals surface area contributed by atoms with Gasteiger partial charge in [-0.3, -0.25) is 4.79 Å². The van der Waals surface area contributed by atoms with Crippen molar-refractivity contribution in [2.75, 3.05) is 0 Å². The van der Waals surface area contributed by atoms with Crippen LogP contribution in [0.5, 0.6) is 5.75 Å². The van der Waals surface area contributed by atoms with E-state index >= 15 is 0 Å². The fraction of sp³-hybridized carbons (Fsp3) is 0.667. The normalized spacial score (nSPS) is 13.3. The van der Waals surface area contributed by atoms with Gasteiger partial charge in [-0.05, 0) is 29.4 Å². The molecule has 0 aliphatic rings. The number of ketones is 1. The lowest BCUT2D eigenvalue weighted by atomic mass is 9.75. The summed E-state index contributed by atoms with van der Waals surface area (Å²) < 4.78 is 0. The number of phenols is 1. The van der Waals surface area contributed by atoms with Gasteiger partial charge in [0.25, 0.3) is 0 Å². The third-order valence-corrected chi connectivity index (χ3v) is 4.48. The van der Waals surface area contributed by atoms with E-state index in [1.165, 1.54) is 0 Å². The maximum absolute atomic E-state index is 13.0. The van der Waals surface area contributed by atoms with E-state index in [2.05, 4.69) is 48.5 Å². The van der Waals surface area contributed by atoms with Crippen molar-refractivity contribution in [2.24, 2.45) is 5.41 Å². The Bertz CT molecular complexity index is 546. The SMILES string of the molecule is CCCC(C)(C)C(=O)c1cc(C(C)(C)C)c(O)c(C(C)(C)C)c1. The Labute approximate surface area is 142 Å². The topological polar surface area (TPSA) is 37.3 Å². The van der Waals surface area contributed by atoms with Gasteiger partial charge in [0.05, 0.1) is 0 Å². The fourth-order valence-electron chi connectivity index (χ4n) is 3.04. The molecule has 0 bridgehead atoms. The quantitative estimate of drug-likeness (QED) is 0.692. The number of rotatable bonds is 4. The molecule has 1 rings (SSSR count). The highest BCUT2D eigenvalue weighted by molar-refractivity contribution is 6.00. The summed E-state index contributed by atoms with van der Waals surface area (Å²) in [6.45, 7) is 18.5. The highest BCUT2D eigenvalue weighted by atomic mass is 16.3. The van der Waals surface area contributed by atoms with Crippen molar-refractivity contribution < 1.29 is 9.90 Å². The summed E-state index contributed by atoms with van der Waals surface area (Å²) >= 11 is 0. The molecule has 23 heavy (non-hydrogen) atoms. The molecule has 0 radical (unpaired) electrons. The van der Waals surface area contributed by atoms with E-state index in [9.17, 15) is 9.90 Å². The summed E-state index contributed by atoms with van der Waals surface area (Å²) in [7, 11) is 0. The lowest BCUT2D eigenvalue weighted by Gasteiger charge is -2.30. The van der Waals surface area contributed by atoms with E-state index in [1.54, 1.807) is 0 Å². The van der Waals surface area contributed by atoms with Crippen molar-refractivity contribution in [3.05, 3.63) is 28.8 Å². The van der Waals surface area contributed by atoms with Crippen molar-refractivity contribution in [3.63, 3.8) is 0 Å². The van der Waals surface area contributed by atoms with Crippen LogP contribution in [0.2, 0.25) is 0 Å². The van der Waals surface area contributed by atoms with Crippen LogP contribution in [0.25, 0.3) is 0 Å². The predicted octanol–water partition coefficient (Wildman–Crippen LogP) is 6.00. The first-order chi connectivity index (χ1) is 10.2. The second kappa shape index (κ2) is 6.30. The summed E-state index contributed by atoms with van der Waals surface area (Å²) in [6, 6.07) is 3.79. The van der Waals surface area contributed by atoms with Crippen LogP contribution in [-0.2, 0) is 10.8 Å². The molecule has 0 fully saturated rings. The minimum absolute atomic E-state index is 0.162. The Balaban J connectivity index is 3.60. The van der Waals surface area contributed by atoms with E-state index in [-0.39, 0.29) is 22.0 Å². The van der Waals surface area contributed by atoms with Gasteiger partial charge in [-0.2, -0.15) is 0 Å². The minimum Gasteiger partial charge on any atom is -0.507 e. The Hall–Kier alpha value is -1.31. The molecule has 0 unspecified atom stereocenters. The van der Waals surface area contributed by atoms with Crippen molar-refractivity contribution in [1.29, 1.82) is 0 Å². The van der Waals surface area contributed by atoms with Crippen molar-refractivity contribution in [1.82, 2.24) is 0 Å². The maximum atomic E-state index is 13.0. The summed E-state index contributed by atoms with van der Waals surface area (Å²) in [5.41, 5.74) is 1.61. The summed E-state index contributed by atoms with van der Waals surface area (Å²) in [5.74, 6) is 0.491. The lowest BCUT2D eigenvalue weighted by Crippen LogP contribution is -2.26. The molecule has 0 saturated carbocycles. The monoisotopic (exact) mass is 318 g/mol. The molecule has 0 atom stereocenters. The van der Waals surface area contributed by atoms with E-state index in [4.69, 9.17) is 0 Å². The Morgan fingerprint density at radius 1 is 0.913 bits per heavy atom. The average molecular weight is 319 g/mol. The Morgan fingerprint density at radius 2 is 1.30 bits per heavy atom. The number of aromatic hydroxyl groups is 1. The number of hydrogen-bond acceptors (Lipinski definition) is 2. The molecular formula is C21H34O2. The van der Waals surface area contributed by atoms with Crippen LogP contribution in [-0.4, -0.2) is 10.9 Å². The van der Waals surface area contributed by atoms with Crippen LogP contribution in [0.4, 0.5) is 0 Å². The van der Waals surface area contributed by atoms with Crippen LogP contribution in [0.3, 0.4) is 0 Å². The molecule has 1 N–H and O–H groups in total. The molecule has 2 nitrogen and oxygen atoms in total. The van der Waals surface area contributed by atoms with E-state index < -0.39 is 0 Å². The minimum atomic E-state index is -0.379. The fourth-order valence-corrected chi connectivity index (χ4v) is 3.04. The number of phenolic OH excluding ortho intramolecular Hbond substituents is 1. The van der Waals surface area contributed by atoms with Gasteiger partial charge in [0, 0.05) is 22.1 Å². The molecule has 2 heteroatoms.